The number of phenolic OH excluding ortho intramolecular Hbond substituents is 1. The molecule has 0 aromatic heterocycles. The van der Waals surface area contributed by atoms with Crippen LogP contribution in [0.15, 0.2) is 47.5 Å². The lowest BCUT2D eigenvalue weighted by Crippen LogP contribution is -3.14. The molecular formula is C22H30N3O2+. The van der Waals surface area contributed by atoms with Gasteiger partial charge in [0.05, 0.1) is 45.0 Å². The van der Waals surface area contributed by atoms with Gasteiger partial charge in [0, 0.05) is 23.5 Å². The van der Waals surface area contributed by atoms with Crippen LogP contribution >= 0.6 is 0 Å². The first kappa shape index (κ1) is 19.2. The van der Waals surface area contributed by atoms with Crippen molar-refractivity contribution in [3.05, 3.63) is 48.0 Å². The largest absolute Gasteiger partial charge is 0.507 e. The van der Waals surface area contributed by atoms with E-state index in [1.165, 1.54) is 25.3 Å². The van der Waals surface area contributed by atoms with Crippen molar-refractivity contribution in [1.29, 1.82) is 0 Å². The molecule has 2 aromatic rings. The highest BCUT2D eigenvalue weighted by Crippen LogP contribution is 2.24. The van der Waals surface area contributed by atoms with Gasteiger partial charge in [-0.25, -0.2) is 0 Å². The van der Waals surface area contributed by atoms with Crippen molar-refractivity contribution >= 4 is 17.6 Å². The predicted octanol–water partition coefficient (Wildman–Crippen LogP) is 2.66. The molecule has 0 saturated carbocycles. The molecule has 1 aliphatic heterocycles. The molecule has 1 aliphatic rings. The van der Waals surface area contributed by atoms with E-state index in [-0.39, 0.29) is 5.75 Å². The molecule has 0 spiro atoms. The molecule has 0 radical (unpaired) electrons. The number of aliphatic imine (C=N–C) groups is 1. The Hall–Kier alpha value is -2.53. The number of hydrogen-bond acceptors (Lipinski definition) is 4. The first-order chi connectivity index (χ1) is 13.2. The zero-order valence-corrected chi connectivity index (χ0v) is 16.3. The molecule has 2 N–H and O–H groups in total. The maximum absolute atomic E-state index is 10.1. The van der Waals surface area contributed by atoms with Crippen LogP contribution in [0.5, 0.6) is 11.5 Å². The van der Waals surface area contributed by atoms with Crippen LogP contribution < -0.4 is 14.5 Å². The second-order valence-electron chi connectivity index (χ2n) is 6.93. The quantitative estimate of drug-likeness (QED) is 0.739. The van der Waals surface area contributed by atoms with Crippen LogP contribution in [0.3, 0.4) is 0 Å². The van der Waals surface area contributed by atoms with E-state index in [1.54, 1.807) is 17.2 Å². The maximum atomic E-state index is 10.1. The Balaban J connectivity index is 1.61. The summed E-state index contributed by atoms with van der Waals surface area (Å²) >= 11 is 0. The number of benzene rings is 2. The molecule has 1 heterocycles. The summed E-state index contributed by atoms with van der Waals surface area (Å²) in [4.78, 5) is 8.61. The fraction of sp³-hybridized carbons (Fsp3) is 0.409. The van der Waals surface area contributed by atoms with Crippen molar-refractivity contribution in [3.63, 3.8) is 0 Å². The number of phenols is 1. The van der Waals surface area contributed by atoms with Gasteiger partial charge in [-0.05, 0) is 49.7 Å². The lowest BCUT2D eigenvalue weighted by atomic mass is 10.2. The van der Waals surface area contributed by atoms with E-state index >= 15 is 0 Å². The first-order valence-electron chi connectivity index (χ1n) is 9.88. The molecule has 0 aliphatic carbocycles. The number of likely N-dealkylation sites (N-methyl/N-ethyl adjacent to an activating group) is 1. The maximum Gasteiger partial charge on any atom is 0.128 e. The molecule has 5 heteroatoms. The standard InChI is InChI=1S/C22H29N3O2/c1-3-15-27-21-10-5-18(22(26)16-21)17-23-19-6-8-20(9-7-19)25-13-11-24(4-2)12-14-25/h5-10,16-17,26H,3-4,11-15H2,1-2H3/p+1. The molecule has 2 aromatic carbocycles. The Morgan fingerprint density at radius 1 is 1.11 bits per heavy atom. The van der Waals surface area contributed by atoms with Gasteiger partial charge in [0.15, 0.2) is 0 Å². The van der Waals surface area contributed by atoms with Crippen molar-refractivity contribution in [2.75, 3.05) is 44.2 Å². The van der Waals surface area contributed by atoms with E-state index in [0.717, 1.165) is 25.2 Å². The van der Waals surface area contributed by atoms with Gasteiger partial charge in [-0.1, -0.05) is 6.92 Å². The summed E-state index contributed by atoms with van der Waals surface area (Å²) in [5, 5.41) is 10.1. The number of anilines is 1. The van der Waals surface area contributed by atoms with Gasteiger partial charge in [0.2, 0.25) is 0 Å². The highest BCUT2D eigenvalue weighted by atomic mass is 16.5. The van der Waals surface area contributed by atoms with Crippen LogP contribution in [-0.2, 0) is 0 Å². The van der Waals surface area contributed by atoms with Crippen LogP contribution in [0.25, 0.3) is 0 Å². The van der Waals surface area contributed by atoms with Crippen molar-refractivity contribution in [2.24, 2.45) is 4.99 Å². The summed E-state index contributed by atoms with van der Waals surface area (Å²) in [5.41, 5.74) is 2.81. The monoisotopic (exact) mass is 368 g/mol. The third kappa shape index (κ3) is 5.23. The molecule has 0 atom stereocenters. The second-order valence-corrected chi connectivity index (χ2v) is 6.93. The third-order valence-corrected chi connectivity index (χ3v) is 5.01. The van der Waals surface area contributed by atoms with Crippen LogP contribution in [0.2, 0.25) is 0 Å². The minimum Gasteiger partial charge on any atom is -0.507 e. The summed E-state index contributed by atoms with van der Waals surface area (Å²) in [5.74, 6) is 0.862. The van der Waals surface area contributed by atoms with Gasteiger partial charge in [-0.15, -0.1) is 0 Å². The highest BCUT2D eigenvalue weighted by Gasteiger charge is 2.18. The van der Waals surface area contributed by atoms with E-state index in [0.29, 0.717) is 17.9 Å². The van der Waals surface area contributed by atoms with Gasteiger partial charge in [0.1, 0.15) is 11.5 Å². The Morgan fingerprint density at radius 2 is 1.85 bits per heavy atom. The molecule has 3 rings (SSSR count). The number of aromatic hydroxyl groups is 1. The van der Waals surface area contributed by atoms with Crippen molar-refractivity contribution < 1.29 is 14.7 Å². The Kier molecular flexibility index (Phi) is 6.71. The van der Waals surface area contributed by atoms with Gasteiger partial charge in [0.25, 0.3) is 0 Å². The molecule has 0 unspecified atom stereocenters. The van der Waals surface area contributed by atoms with E-state index < -0.39 is 0 Å². The number of quaternary nitrogens is 1. The van der Waals surface area contributed by atoms with E-state index in [1.807, 2.05) is 24.3 Å². The average Bonchev–Trinajstić information content (AvgIpc) is 2.72. The molecule has 0 bridgehead atoms. The van der Waals surface area contributed by atoms with E-state index in [4.69, 9.17) is 4.74 Å². The van der Waals surface area contributed by atoms with Crippen molar-refractivity contribution in [1.82, 2.24) is 0 Å². The van der Waals surface area contributed by atoms with Crippen LogP contribution in [0.4, 0.5) is 11.4 Å². The number of rotatable bonds is 7. The SMILES string of the molecule is CCCOc1ccc(C=Nc2ccc(N3CC[NH+](CC)CC3)cc2)c(O)c1. The lowest BCUT2D eigenvalue weighted by molar-refractivity contribution is -0.898. The third-order valence-electron chi connectivity index (χ3n) is 5.01. The fourth-order valence-electron chi connectivity index (χ4n) is 3.27. The molecule has 1 saturated heterocycles. The van der Waals surface area contributed by atoms with Gasteiger partial charge >= 0.3 is 0 Å². The Labute approximate surface area is 161 Å². The number of nitrogens with zero attached hydrogens (tertiary/aromatic N) is 2. The summed E-state index contributed by atoms with van der Waals surface area (Å²) in [7, 11) is 0. The van der Waals surface area contributed by atoms with Gasteiger partial charge in [-0.3, -0.25) is 4.99 Å². The Morgan fingerprint density at radius 3 is 2.48 bits per heavy atom. The van der Waals surface area contributed by atoms with E-state index in [9.17, 15) is 5.11 Å². The topological polar surface area (TPSA) is 49.5 Å². The van der Waals surface area contributed by atoms with Crippen LogP contribution in [0, 0.1) is 0 Å². The number of piperazine rings is 1. The number of ether oxygens (including phenoxy) is 1. The molecular weight excluding hydrogens is 338 g/mol. The van der Waals surface area contributed by atoms with Crippen LogP contribution in [-0.4, -0.2) is 50.7 Å². The summed E-state index contributed by atoms with van der Waals surface area (Å²) in [6.45, 7) is 10.8. The van der Waals surface area contributed by atoms with E-state index in [2.05, 4.69) is 35.9 Å². The zero-order chi connectivity index (χ0) is 19.1. The predicted molar refractivity (Wildman–Crippen MR) is 111 cm³/mol. The molecule has 5 nitrogen and oxygen atoms in total. The fourth-order valence-corrected chi connectivity index (χ4v) is 3.27. The lowest BCUT2D eigenvalue weighted by Gasteiger charge is -2.33. The minimum atomic E-state index is 0.181. The summed E-state index contributed by atoms with van der Waals surface area (Å²) in [6, 6.07) is 13.6. The zero-order valence-electron chi connectivity index (χ0n) is 16.3. The molecule has 27 heavy (non-hydrogen) atoms. The van der Waals surface area contributed by atoms with Crippen LogP contribution in [0.1, 0.15) is 25.8 Å². The van der Waals surface area contributed by atoms with Crippen molar-refractivity contribution in [3.8, 4) is 11.5 Å². The average molecular weight is 369 g/mol. The number of nitrogens with one attached hydrogen (secondary N) is 1. The summed E-state index contributed by atoms with van der Waals surface area (Å²) in [6.07, 6.45) is 2.63. The summed E-state index contributed by atoms with van der Waals surface area (Å²) < 4.78 is 5.53. The van der Waals surface area contributed by atoms with Crippen molar-refractivity contribution in [2.45, 2.75) is 20.3 Å². The molecule has 144 valence electrons. The van der Waals surface area contributed by atoms with Gasteiger partial charge < -0.3 is 19.6 Å². The second kappa shape index (κ2) is 9.42. The number of hydrogen-bond donors (Lipinski definition) is 2. The highest BCUT2D eigenvalue weighted by molar-refractivity contribution is 5.85. The normalized spacial score (nSPS) is 15.4. The smallest absolute Gasteiger partial charge is 0.128 e. The Bertz CT molecular complexity index is 751. The first-order valence-corrected chi connectivity index (χ1v) is 9.88. The molecule has 0 amide bonds. The van der Waals surface area contributed by atoms with Gasteiger partial charge in [-0.2, -0.15) is 0 Å². The molecule has 1 fully saturated rings. The minimum absolute atomic E-state index is 0.181.